The van der Waals surface area contributed by atoms with Gasteiger partial charge in [-0.1, -0.05) is 72.3 Å². The van der Waals surface area contributed by atoms with E-state index in [2.05, 4.69) is 0 Å². The van der Waals surface area contributed by atoms with Crippen molar-refractivity contribution < 1.29 is 23.6 Å². The third-order valence-corrected chi connectivity index (χ3v) is 9.61. The van der Waals surface area contributed by atoms with Gasteiger partial charge in [-0.05, 0) is 65.1 Å². The van der Waals surface area contributed by atoms with E-state index in [-0.39, 0.29) is 28.5 Å². The average molecular weight is 627 g/mol. The number of Topliss-reactive ketones (excluding diaryl/α,β-unsaturated/α-hetero) is 1. The molecular formula is C35H25Cl2FN2O4. The predicted molar refractivity (Wildman–Crippen MR) is 163 cm³/mol. The molecule has 1 fully saturated rings. The molecule has 3 aliphatic carbocycles. The Morgan fingerprint density at radius 3 is 1.70 bits per heavy atom. The molecule has 3 atom stereocenters. The van der Waals surface area contributed by atoms with Crippen LogP contribution in [0.5, 0.6) is 0 Å². The summed E-state index contributed by atoms with van der Waals surface area (Å²) in [5, 5.41) is 1.92. The molecule has 3 amide bonds. The fourth-order valence-corrected chi connectivity index (χ4v) is 7.70. The number of alkyl halides is 1. The van der Waals surface area contributed by atoms with E-state index in [0.717, 1.165) is 44.4 Å². The van der Waals surface area contributed by atoms with E-state index in [1.165, 1.54) is 24.3 Å². The standard InChI is InChI=1S/C35H25Cl2FN2O4/c36-18-17-27(32(41)19-13-15-20(38)16-14-19)39(33(42)25-11-5-6-12-26(25)37)40-34(43)30-28-21-7-1-2-8-22(21)29(31(30)35(40)44)24-10-4-3-9-23(24)28/h1-16,27-31H,17-18H2/t27-,28?,29?,30+,31+/m0/s1. The molecule has 9 heteroatoms. The largest absolute Gasteiger partial charge is 0.292 e. The lowest BCUT2D eigenvalue weighted by Crippen LogP contribution is -2.57. The van der Waals surface area contributed by atoms with Crippen LogP contribution in [0.1, 0.15) is 61.2 Å². The lowest BCUT2D eigenvalue weighted by Gasteiger charge is -2.45. The number of rotatable bonds is 7. The van der Waals surface area contributed by atoms with E-state index in [9.17, 15) is 23.6 Å². The van der Waals surface area contributed by atoms with Gasteiger partial charge in [0.1, 0.15) is 11.9 Å². The number of carbonyl (C=O) groups is 4. The molecule has 4 aromatic rings. The summed E-state index contributed by atoms with van der Waals surface area (Å²) in [4.78, 5) is 57.7. The Hall–Kier alpha value is -4.33. The van der Waals surface area contributed by atoms with Crippen molar-refractivity contribution in [3.8, 4) is 0 Å². The Morgan fingerprint density at radius 2 is 1.23 bits per heavy atom. The van der Waals surface area contributed by atoms with Crippen molar-refractivity contribution in [3.63, 3.8) is 0 Å². The van der Waals surface area contributed by atoms with Crippen LogP contribution in [0.4, 0.5) is 4.39 Å². The molecule has 8 rings (SSSR count). The normalized spacial score (nSPS) is 21.8. The fourth-order valence-electron chi connectivity index (χ4n) is 7.28. The lowest BCUT2D eigenvalue weighted by atomic mass is 9.55. The van der Waals surface area contributed by atoms with Crippen molar-refractivity contribution in [3.05, 3.63) is 141 Å². The molecule has 4 aromatic carbocycles. The summed E-state index contributed by atoms with van der Waals surface area (Å²) < 4.78 is 13.8. The summed E-state index contributed by atoms with van der Waals surface area (Å²) in [5.41, 5.74) is 4.03. The van der Waals surface area contributed by atoms with Gasteiger partial charge in [-0.2, -0.15) is 5.01 Å². The molecule has 1 aliphatic heterocycles. The molecule has 0 radical (unpaired) electrons. The summed E-state index contributed by atoms with van der Waals surface area (Å²) in [6.45, 7) is 0. The highest BCUT2D eigenvalue weighted by molar-refractivity contribution is 6.34. The van der Waals surface area contributed by atoms with E-state index >= 15 is 0 Å². The van der Waals surface area contributed by atoms with Gasteiger partial charge in [0.2, 0.25) is 0 Å². The maximum atomic E-state index is 14.6. The quantitative estimate of drug-likeness (QED) is 0.131. The van der Waals surface area contributed by atoms with Gasteiger partial charge >= 0.3 is 0 Å². The van der Waals surface area contributed by atoms with Crippen LogP contribution in [-0.2, 0) is 9.59 Å². The highest BCUT2D eigenvalue weighted by Gasteiger charge is 2.63. The Morgan fingerprint density at radius 1 is 0.750 bits per heavy atom. The van der Waals surface area contributed by atoms with E-state index in [0.29, 0.717) is 0 Å². The second-order valence-electron chi connectivity index (χ2n) is 11.2. The first kappa shape index (κ1) is 28.4. The Labute approximate surface area is 263 Å². The van der Waals surface area contributed by atoms with E-state index < -0.39 is 59.0 Å². The zero-order valence-corrected chi connectivity index (χ0v) is 24.7. The fraction of sp³-hybridized carbons (Fsp3) is 0.200. The van der Waals surface area contributed by atoms with E-state index in [1.54, 1.807) is 12.1 Å². The molecule has 0 N–H and O–H groups in total. The highest BCUT2D eigenvalue weighted by atomic mass is 35.5. The Balaban J connectivity index is 1.39. The van der Waals surface area contributed by atoms with Crippen molar-refractivity contribution >= 4 is 46.7 Å². The maximum absolute atomic E-state index is 14.6. The number of amides is 3. The van der Waals surface area contributed by atoms with E-state index in [1.807, 2.05) is 48.5 Å². The third-order valence-electron chi connectivity index (χ3n) is 9.06. The number of hydrogen-bond donors (Lipinski definition) is 0. The summed E-state index contributed by atoms with van der Waals surface area (Å²) in [5.74, 6) is -5.48. The van der Waals surface area contributed by atoms with Crippen molar-refractivity contribution in [2.24, 2.45) is 11.8 Å². The minimum atomic E-state index is -1.35. The van der Waals surface area contributed by atoms with Crippen LogP contribution in [-0.4, -0.2) is 45.4 Å². The number of halogens is 3. The van der Waals surface area contributed by atoms with Gasteiger partial charge in [0.25, 0.3) is 17.7 Å². The molecule has 0 saturated carbocycles. The van der Waals surface area contributed by atoms with Crippen LogP contribution in [0.25, 0.3) is 0 Å². The molecule has 0 aromatic heterocycles. The summed E-state index contributed by atoms with van der Waals surface area (Å²) >= 11 is 12.6. The van der Waals surface area contributed by atoms with Crippen molar-refractivity contribution in [2.75, 3.05) is 5.88 Å². The van der Waals surface area contributed by atoms with E-state index in [4.69, 9.17) is 23.2 Å². The van der Waals surface area contributed by atoms with Crippen LogP contribution in [0, 0.1) is 17.7 Å². The number of hydrazine groups is 1. The van der Waals surface area contributed by atoms with Crippen molar-refractivity contribution in [1.29, 1.82) is 0 Å². The number of nitrogens with zero attached hydrogens (tertiary/aromatic N) is 2. The SMILES string of the molecule is O=C(c1ccc(F)cc1)[C@H](CCCl)N(C(=O)c1ccccc1Cl)N1C(=O)[C@@H]2C3c4ccccc4C(c4ccccc43)[C@H]2C1=O. The predicted octanol–water partition coefficient (Wildman–Crippen LogP) is 6.61. The van der Waals surface area contributed by atoms with Crippen molar-refractivity contribution in [1.82, 2.24) is 10.0 Å². The summed E-state index contributed by atoms with van der Waals surface area (Å²) in [7, 11) is 0. The number of benzene rings is 4. The number of carbonyl (C=O) groups excluding carboxylic acids is 4. The van der Waals surface area contributed by atoms with Crippen LogP contribution in [0.2, 0.25) is 5.02 Å². The third kappa shape index (κ3) is 4.21. The zero-order chi connectivity index (χ0) is 30.7. The van der Waals surface area contributed by atoms with Gasteiger partial charge in [-0.3, -0.25) is 19.2 Å². The molecule has 6 nitrogen and oxygen atoms in total. The molecule has 4 aliphatic rings. The lowest BCUT2D eigenvalue weighted by molar-refractivity contribution is -0.156. The number of hydrogen-bond acceptors (Lipinski definition) is 4. The highest BCUT2D eigenvalue weighted by Crippen LogP contribution is 2.61. The molecule has 220 valence electrons. The molecular weight excluding hydrogens is 602 g/mol. The van der Waals surface area contributed by atoms with Crippen molar-refractivity contribution in [2.45, 2.75) is 24.3 Å². The smallest absolute Gasteiger partial charge is 0.275 e. The molecule has 1 heterocycles. The molecule has 0 unspecified atom stereocenters. The van der Waals surface area contributed by atoms with Gasteiger partial charge < -0.3 is 0 Å². The van der Waals surface area contributed by atoms with Gasteiger partial charge in [0.15, 0.2) is 5.78 Å². The number of imide groups is 1. The first-order chi connectivity index (χ1) is 21.3. The van der Waals surface area contributed by atoms with Gasteiger partial charge in [-0.15, -0.1) is 11.6 Å². The molecule has 0 spiro atoms. The van der Waals surface area contributed by atoms with Gasteiger partial charge in [-0.25, -0.2) is 9.40 Å². The monoisotopic (exact) mass is 626 g/mol. The van der Waals surface area contributed by atoms with Gasteiger partial charge in [0.05, 0.1) is 22.4 Å². The van der Waals surface area contributed by atoms with Crippen LogP contribution < -0.4 is 0 Å². The summed E-state index contributed by atoms with van der Waals surface area (Å²) in [6.07, 6.45) is -0.0757. The van der Waals surface area contributed by atoms with Gasteiger partial charge in [0, 0.05) is 23.3 Å². The minimum Gasteiger partial charge on any atom is -0.292 e. The van der Waals surface area contributed by atoms with Crippen LogP contribution in [0.3, 0.4) is 0 Å². The minimum absolute atomic E-state index is 0.0191. The first-order valence-corrected chi connectivity index (χ1v) is 15.2. The first-order valence-electron chi connectivity index (χ1n) is 14.3. The molecule has 44 heavy (non-hydrogen) atoms. The Bertz CT molecular complexity index is 1730. The zero-order valence-electron chi connectivity index (χ0n) is 23.2. The second-order valence-corrected chi connectivity index (χ2v) is 12.0. The molecule has 1 saturated heterocycles. The van der Waals surface area contributed by atoms with Crippen LogP contribution >= 0.6 is 23.2 Å². The van der Waals surface area contributed by atoms with Crippen LogP contribution in [0.15, 0.2) is 97.1 Å². The average Bonchev–Trinajstić information content (AvgIpc) is 3.30. The topological polar surface area (TPSA) is 74.8 Å². The number of ketones is 1. The molecule has 2 bridgehead atoms. The summed E-state index contributed by atoms with van der Waals surface area (Å²) in [6, 6.07) is 25.4. The Kier molecular flexibility index (Phi) is 7.10. The maximum Gasteiger partial charge on any atom is 0.275 e. The second kappa shape index (κ2) is 11.0.